The minimum absolute atomic E-state index is 0.0773. The van der Waals surface area contributed by atoms with Crippen LogP contribution < -0.4 is 10.2 Å². The highest BCUT2D eigenvalue weighted by molar-refractivity contribution is 5.75. The molecule has 0 amide bonds. The van der Waals surface area contributed by atoms with E-state index < -0.39 is 0 Å². The van der Waals surface area contributed by atoms with Crippen molar-refractivity contribution < 1.29 is 4.92 Å². The topological polar surface area (TPSA) is 71.3 Å². The maximum atomic E-state index is 11.6. The Bertz CT molecular complexity index is 697. The molecule has 1 fully saturated rings. The van der Waals surface area contributed by atoms with E-state index in [0.29, 0.717) is 18.1 Å². The standard InChI is InChI=1S/C17H20N4O2/c1-13-11-15(20-9-5-6-10-20)16(21(22)23)17(19-13)18-12-14-7-3-2-4-8-14/h2-4,7-8,11H,5-6,9-10,12H2,1H3,(H,18,19). The molecule has 1 aromatic heterocycles. The van der Waals surface area contributed by atoms with E-state index in [1.807, 2.05) is 43.3 Å². The molecule has 0 bridgehead atoms. The van der Waals surface area contributed by atoms with Gasteiger partial charge in [-0.15, -0.1) is 0 Å². The van der Waals surface area contributed by atoms with E-state index in [-0.39, 0.29) is 10.6 Å². The highest BCUT2D eigenvalue weighted by atomic mass is 16.6. The number of hydrogen-bond donors (Lipinski definition) is 1. The summed E-state index contributed by atoms with van der Waals surface area (Å²) in [7, 11) is 0. The first-order chi connectivity index (χ1) is 11.1. The van der Waals surface area contributed by atoms with Gasteiger partial charge in [-0.2, -0.15) is 0 Å². The van der Waals surface area contributed by atoms with Gasteiger partial charge in [0.15, 0.2) is 0 Å². The number of pyridine rings is 1. The fourth-order valence-corrected chi connectivity index (χ4v) is 2.93. The monoisotopic (exact) mass is 312 g/mol. The second kappa shape index (κ2) is 6.64. The van der Waals surface area contributed by atoms with Crippen LogP contribution in [0.15, 0.2) is 36.4 Å². The lowest BCUT2D eigenvalue weighted by Crippen LogP contribution is -2.20. The van der Waals surface area contributed by atoms with Crippen molar-refractivity contribution in [3.05, 3.63) is 57.8 Å². The van der Waals surface area contributed by atoms with Gasteiger partial charge in [-0.25, -0.2) is 4.98 Å². The maximum absolute atomic E-state index is 11.6. The number of nitrogens with zero attached hydrogens (tertiary/aromatic N) is 3. The van der Waals surface area contributed by atoms with Gasteiger partial charge < -0.3 is 10.2 Å². The van der Waals surface area contributed by atoms with Crippen molar-refractivity contribution in [2.45, 2.75) is 26.3 Å². The summed E-state index contributed by atoms with van der Waals surface area (Å²) in [5, 5.41) is 14.8. The summed E-state index contributed by atoms with van der Waals surface area (Å²) < 4.78 is 0. The average Bonchev–Trinajstić information content (AvgIpc) is 3.07. The largest absolute Gasteiger partial charge is 0.366 e. The predicted molar refractivity (Wildman–Crippen MR) is 90.8 cm³/mol. The number of hydrogen-bond acceptors (Lipinski definition) is 5. The molecule has 1 aliphatic heterocycles. The van der Waals surface area contributed by atoms with Gasteiger partial charge in [0, 0.05) is 25.3 Å². The van der Waals surface area contributed by atoms with Crippen LogP contribution in [0.25, 0.3) is 0 Å². The molecule has 0 radical (unpaired) electrons. The van der Waals surface area contributed by atoms with Crippen molar-refractivity contribution in [1.29, 1.82) is 0 Å². The molecule has 1 saturated heterocycles. The van der Waals surface area contributed by atoms with Gasteiger partial charge in [-0.1, -0.05) is 30.3 Å². The summed E-state index contributed by atoms with van der Waals surface area (Å²) >= 11 is 0. The van der Waals surface area contributed by atoms with Gasteiger partial charge in [-0.3, -0.25) is 10.1 Å². The van der Waals surface area contributed by atoms with Crippen LogP contribution in [0.3, 0.4) is 0 Å². The van der Waals surface area contributed by atoms with Crippen molar-refractivity contribution in [3.63, 3.8) is 0 Å². The summed E-state index contributed by atoms with van der Waals surface area (Å²) in [5.74, 6) is 0.348. The Morgan fingerprint density at radius 3 is 2.61 bits per heavy atom. The van der Waals surface area contributed by atoms with E-state index in [0.717, 1.165) is 37.2 Å². The Morgan fingerprint density at radius 1 is 1.26 bits per heavy atom. The molecule has 1 aliphatic rings. The summed E-state index contributed by atoms with van der Waals surface area (Å²) in [5.41, 5.74) is 2.60. The fraction of sp³-hybridized carbons (Fsp3) is 0.353. The maximum Gasteiger partial charge on any atom is 0.334 e. The fourth-order valence-electron chi connectivity index (χ4n) is 2.93. The molecular formula is C17H20N4O2. The molecule has 3 rings (SSSR count). The minimum Gasteiger partial charge on any atom is -0.366 e. The third-order valence-electron chi connectivity index (χ3n) is 4.03. The molecular weight excluding hydrogens is 292 g/mol. The van der Waals surface area contributed by atoms with E-state index in [1.54, 1.807) is 0 Å². The third kappa shape index (κ3) is 3.41. The van der Waals surface area contributed by atoms with Crippen LogP contribution in [0, 0.1) is 17.0 Å². The highest BCUT2D eigenvalue weighted by Gasteiger charge is 2.27. The highest BCUT2D eigenvalue weighted by Crippen LogP contribution is 2.36. The molecule has 0 unspecified atom stereocenters. The molecule has 1 aromatic carbocycles. The molecule has 120 valence electrons. The molecule has 0 spiro atoms. The first-order valence-electron chi connectivity index (χ1n) is 7.84. The van der Waals surface area contributed by atoms with Crippen LogP contribution in [0.2, 0.25) is 0 Å². The van der Waals surface area contributed by atoms with E-state index in [1.165, 1.54) is 0 Å². The van der Waals surface area contributed by atoms with Gasteiger partial charge in [0.1, 0.15) is 5.69 Å². The third-order valence-corrected chi connectivity index (χ3v) is 4.03. The van der Waals surface area contributed by atoms with Crippen LogP contribution in [-0.2, 0) is 6.54 Å². The smallest absolute Gasteiger partial charge is 0.334 e. The number of benzene rings is 1. The zero-order valence-corrected chi connectivity index (χ0v) is 13.2. The zero-order valence-electron chi connectivity index (χ0n) is 13.2. The van der Waals surface area contributed by atoms with E-state index in [4.69, 9.17) is 0 Å². The lowest BCUT2D eigenvalue weighted by molar-refractivity contribution is -0.383. The molecule has 6 nitrogen and oxygen atoms in total. The van der Waals surface area contributed by atoms with Gasteiger partial charge in [0.05, 0.1) is 4.92 Å². The van der Waals surface area contributed by atoms with Crippen molar-refractivity contribution in [3.8, 4) is 0 Å². The summed E-state index contributed by atoms with van der Waals surface area (Å²) in [6.45, 7) is 4.11. The Hall–Kier alpha value is -2.63. The average molecular weight is 312 g/mol. The van der Waals surface area contributed by atoms with Crippen LogP contribution >= 0.6 is 0 Å². The number of aryl methyl sites for hydroxylation is 1. The van der Waals surface area contributed by atoms with E-state index >= 15 is 0 Å². The second-order valence-electron chi connectivity index (χ2n) is 5.77. The summed E-state index contributed by atoms with van der Waals surface area (Å²) in [6.07, 6.45) is 2.15. The minimum atomic E-state index is -0.326. The lowest BCUT2D eigenvalue weighted by Gasteiger charge is -2.19. The normalized spacial score (nSPS) is 14.0. The van der Waals surface area contributed by atoms with Crippen LogP contribution in [0.4, 0.5) is 17.2 Å². The molecule has 1 N–H and O–H groups in total. The quantitative estimate of drug-likeness (QED) is 0.675. The first-order valence-corrected chi connectivity index (χ1v) is 7.84. The number of aromatic nitrogens is 1. The Balaban J connectivity index is 1.93. The van der Waals surface area contributed by atoms with E-state index in [9.17, 15) is 10.1 Å². The van der Waals surface area contributed by atoms with Gasteiger partial charge in [0.2, 0.25) is 5.82 Å². The van der Waals surface area contributed by atoms with Gasteiger partial charge in [-0.05, 0) is 31.4 Å². The second-order valence-corrected chi connectivity index (χ2v) is 5.77. The van der Waals surface area contributed by atoms with Crippen LogP contribution in [0.1, 0.15) is 24.1 Å². The Morgan fingerprint density at radius 2 is 1.96 bits per heavy atom. The molecule has 0 atom stereocenters. The number of anilines is 2. The van der Waals surface area contributed by atoms with Crippen LogP contribution in [0.5, 0.6) is 0 Å². The van der Waals surface area contributed by atoms with Crippen molar-refractivity contribution >= 4 is 17.2 Å². The number of rotatable bonds is 5. The van der Waals surface area contributed by atoms with Gasteiger partial charge >= 0.3 is 5.69 Å². The molecule has 2 heterocycles. The Kier molecular flexibility index (Phi) is 4.41. The summed E-state index contributed by atoms with van der Waals surface area (Å²) in [6, 6.07) is 11.6. The van der Waals surface area contributed by atoms with E-state index in [2.05, 4.69) is 15.2 Å². The van der Waals surface area contributed by atoms with Crippen molar-refractivity contribution in [1.82, 2.24) is 4.98 Å². The van der Waals surface area contributed by atoms with Crippen LogP contribution in [-0.4, -0.2) is 23.0 Å². The predicted octanol–water partition coefficient (Wildman–Crippen LogP) is 3.51. The number of nitrogens with one attached hydrogen (secondary N) is 1. The number of nitro groups is 1. The molecule has 23 heavy (non-hydrogen) atoms. The van der Waals surface area contributed by atoms with Crippen molar-refractivity contribution in [2.24, 2.45) is 0 Å². The molecule has 2 aromatic rings. The SMILES string of the molecule is Cc1cc(N2CCCC2)c([N+](=O)[O-])c(NCc2ccccc2)n1. The molecule has 0 aliphatic carbocycles. The molecule has 0 saturated carbocycles. The zero-order chi connectivity index (χ0) is 16.2. The van der Waals surface area contributed by atoms with Crippen molar-refractivity contribution in [2.75, 3.05) is 23.3 Å². The molecule has 6 heteroatoms. The first kappa shape index (κ1) is 15.3. The lowest BCUT2D eigenvalue weighted by atomic mass is 10.2. The summed E-state index contributed by atoms with van der Waals surface area (Å²) in [4.78, 5) is 17.7. The van der Waals surface area contributed by atoms with Gasteiger partial charge in [0.25, 0.3) is 0 Å². The Labute approximate surface area is 135 Å².